The molecule has 1 aromatic carbocycles. The molecule has 1 unspecified atom stereocenters. The molecule has 0 saturated carbocycles. The molecule has 0 fully saturated rings. The average molecular weight is 214 g/mol. The molecule has 1 aromatic rings. The van der Waals surface area contributed by atoms with Gasteiger partial charge in [-0.25, -0.2) is 0 Å². The first kappa shape index (κ1) is 10.7. The van der Waals surface area contributed by atoms with Crippen LogP contribution in [0.3, 0.4) is 0 Å². The average Bonchev–Trinajstić information content (AvgIpc) is 2.30. The van der Waals surface area contributed by atoms with Crippen LogP contribution >= 0.6 is 0 Å². The smallest absolute Gasteiger partial charge is 0.307 e. The lowest BCUT2D eigenvalue weighted by Crippen LogP contribution is -2.30. The molecule has 3 nitrogen and oxygen atoms in total. The van der Waals surface area contributed by atoms with E-state index in [9.17, 15) is 0 Å². The van der Waals surface area contributed by atoms with Crippen LogP contribution in [0.5, 0.6) is 0 Å². The van der Waals surface area contributed by atoms with E-state index in [1.165, 1.54) is 5.56 Å². The van der Waals surface area contributed by atoms with Crippen LogP contribution < -0.4 is 15.9 Å². The van der Waals surface area contributed by atoms with Crippen LogP contribution in [0.25, 0.3) is 0 Å². The molecule has 0 amide bonds. The van der Waals surface area contributed by atoms with Crippen molar-refractivity contribution in [2.45, 2.75) is 19.9 Å². The van der Waals surface area contributed by atoms with E-state index in [2.05, 4.69) is 43.0 Å². The predicted octanol–water partition coefficient (Wildman–Crippen LogP) is 0.491. The summed E-state index contributed by atoms with van der Waals surface area (Å²) in [4.78, 5) is 2.11. The van der Waals surface area contributed by atoms with Crippen molar-refractivity contribution in [3.63, 3.8) is 0 Å². The van der Waals surface area contributed by atoms with Gasteiger partial charge in [-0.2, -0.15) is 0 Å². The van der Waals surface area contributed by atoms with Crippen LogP contribution in [0.1, 0.15) is 24.1 Å². The van der Waals surface area contributed by atoms with Gasteiger partial charge in [0.2, 0.25) is 0 Å². The van der Waals surface area contributed by atoms with Gasteiger partial charge in [0.05, 0.1) is 6.04 Å². The monoisotopic (exact) mass is 214 g/mol. The highest BCUT2D eigenvalue weighted by atomic mass is 15.1. The molecule has 0 spiro atoms. The fourth-order valence-corrected chi connectivity index (χ4v) is 2.04. The van der Waals surface area contributed by atoms with E-state index in [1.54, 1.807) is 0 Å². The minimum atomic E-state index is -0.227. The van der Waals surface area contributed by atoms with Crippen molar-refractivity contribution in [2.75, 3.05) is 11.4 Å². The molecule has 3 heteroatoms. The minimum Gasteiger partial charge on any atom is -0.347 e. The van der Waals surface area contributed by atoms with Crippen molar-refractivity contribution in [3.05, 3.63) is 41.1 Å². The number of nitrogens with zero attached hydrogens (tertiary/aromatic N) is 1. The highest BCUT2D eigenvalue weighted by Crippen LogP contribution is 2.34. The second kappa shape index (κ2) is 3.99. The molecule has 0 bridgehead atoms. The molecular weight excluding hydrogens is 198 g/mol. The molecule has 1 aliphatic heterocycles. The third-order valence-corrected chi connectivity index (χ3v) is 2.94. The summed E-state index contributed by atoms with van der Waals surface area (Å²) in [6.07, 6.45) is 1.91. The molecule has 1 heterocycles. The summed E-state index contributed by atoms with van der Waals surface area (Å²) in [5.74, 6) is 0. The minimum absolute atomic E-state index is 0.227. The number of rotatable bonds is 1. The van der Waals surface area contributed by atoms with Crippen molar-refractivity contribution < 1.29 is 5.26 Å². The lowest BCUT2D eigenvalue weighted by Gasteiger charge is -2.29. The van der Waals surface area contributed by atoms with E-state index < -0.39 is 0 Å². The van der Waals surface area contributed by atoms with E-state index in [0.717, 1.165) is 23.4 Å². The van der Waals surface area contributed by atoms with Crippen LogP contribution in [-0.2, 0) is 0 Å². The molecule has 1 aliphatic rings. The van der Waals surface area contributed by atoms with Gasteiger partial charge in [-0.1, -0.05) is 23.0 Å². The molecular formula is C13H16N3+. The second-order valence-corrected chi connectivity index (χ2v) is 4.04. The SMILES string of the molecule is CCN1C=C(C#[NH+])C(N)c2cc(C)ccc21. The van der Waals surface area contributed by atoms with Crippen LogP contribution in [0, 0.1) is 13.0 Å². The Morgan fingerprint density at radius 1 is 1.50 bits per heavy atom. The van der Waals surface area contributed by atoms with E-state index in [-0.39, 0.29) is 6.04 Å². The van der Waals surface area contributed by atoms with Gasteiger partial charge in [-0.15, -0.1) is 0 Å². The maximum Gasteiger partial charge on any atom is 0.307 e. The Bertz CT molecular complexity index is 482. The van der Waals surface area contributed by atoms with Gasteiger partial charge in [0.1, 0.15) is 5.57 Å². The first-order valence-electron chi connectivity index (χ1n) is 5.44. The summed E-state index contributed by atoms with van der Waals surface area (Å²) >= 11 is 0. The number of hydrogen-bond acceptors (Lipinski definition) is 2. The topological polar surface area (TPSA) is 53.1 Å². The molecule has 0 aliphatic carbocycles. The van der Waals surface area contributed by atoms with Crippen molar-refractivity contribution in [3.8, 4) is 6.07 Å². The highest BCUT2D eigenvalue weighted by molar-refractivity contribution is 5.64. The third kappa shape index (κ3) is 1.58. The number of nitrogens with one attached hydrogen (secondary N) is 1. The van der Waals surface area contributed by atoms with Crippen molar-refractivity contribution in [2.24, 2.45) is 5.73 Å². The van der Waals surface area contributed by atoms with Gasteiger partial charge in [-0.05, 0) is 25.5 Å². The zero-order valence-corrected chi connectivity index (χ0v) is 9.62. The first-order valence-corrected chi connectivity index (χ1v) is 5.44. The standard InChI is InChI=1S/C13H15N3/c1-3-16-8-10(7-14)13(15)11-6-9(2)4-5-12(11)16/h4-6,8,13H,3,15H2,1-2H3/p+1. The fourth-order valence-electron chi connectivity index (χ4n) is 2.04. The zero-order valence-electron chi connectivity index (χ0n) is 9.62. The van der Waals surface area contributed by atoms with E-state index in [1.807, 2.05) is 6.20 Å². The summed E-state index contributed by atoms with van der Waals surface area (Å²) in [7, 11) is 0. The Morgan fingerprint density at radius 2 is 2.25 bits per heavy atom. The van der Waals surface area contributed by atoms with Crippen LogP contribution in [0.15, 0.2) is 30.0 Å². The Hall–Kier alpha value is -1.79. The van der Waals surface area contributed by atoms with Crippen molar-refractivity contribution >= 4 is 5.69 Å². The molecule has 2 rings (SSSR count). The predicted molar refractivity (Wildman–Crippen MR) is 64.1 cm³/mol. The van der Waals surface area contributed by atoms with Crippen molar-refractivity contribution in [1.29, 1.82) is 0 Å². The van der Waals surface area contributed by atoms with Crippen LogP contribution in [0.4, 0.5) is 5.69 Å². The summed E-state index contributed by atoms with van der Waals surface area (Å²) in [6.45, 7) is 5.00. The molecule has 1 atom stereocenters. The van der Waals surface area contributed by atoms with Crippen LogP contribution in [-0.4, -0.2) is 6.54 Å². The van der Waals surface area contributed by atoms with Gasteiger partial charge < -0.3 is 10.6 Å². The Morgan fingerprint density at radius 3 is 2.88 bits per heavy atom. The number of nitrogens with two attached hydrogens (primary N) is 1. The number of hydrogen-bond donors (Lipinski definition) is 2. The molecule has 82 valence electrons. The van der Waals surface area contributed by atoms with E-state index in [4.69, 9.17) is 11.0 Å². The van der Waals surface area contributed by atoms with Crippen LogP contribution in [0.2, 0.25) is 0 Å². The molecule has 0 radical (unpaired) electrons. The third-order valence-electron chi connectivity index (χ3n) is 2.94. The lowest BCUT2D eigenvalue weighted by molar-refractivity contribution is -0.0916. The Labute approximate surface area is 95.8 Å². The molecule has 3 N–H and O–H groups in total. The summed E-state index contributed by atoms with van der Waals surface area (Å²) < 4.78 is 0. The second-order valence-electron chi connectivity index (χ2n) is 4.04. The van der Waals surface area contributed by atoms with Gasteiger partial charge in [0, 0.05) is 18.4 Å². The van der Waals surface area contributed by atoms with Crippen molar-refractivity contribution in [1.82, 2.24) is 0 Å². The molecule has 0 aromatic heterocycles. The summed E-state index contributed by atoms with van der Waals surface area (Å²) in [6, 6.07) is 8.46. The zero-order chi connectivity index (χ0) is 11.7. The summed E-state index contributed by atoms with van der Waals surface area (Å²) in [5.41, 5.74) is 10.3. The maximum absolute atomic E-state index is 7.26. The quantitative estimate of drug-likeness (QED) is 0.715. The first-order chi connectivity index (χ1) is 7.67. The van der Waals surface area contributed by atoms with Gasteiger partial charge >= 0.3 is 6.07 Å². The maximum atomic E-state index is 7.26. The summed E-state index contributed by atoms with van der Waals surface area (Å²) in [5, 5.41) is 7.26. The number of benzene rings is 1. The number of fused-ring (bicyclic) bond motifs is 1. The molecule has 16 heavy (non-hydrogen) atoms. The Kier molecular flexibility index (Phi) is 2.67. The number of anilines is 1. The normalized spacial score (nSPS) is 18.8. The van der Waals surface area contributed by atoms with E-state index >= 15 is 0 Å². The highest BCUT2D eigenvalue weighted by Gasteiger charge is 2.25. The lowest BCUT2D eigenvalue weighted by atomic mass is 9.94. The fraction of sp³-hybridized carbons (Fsp3) is 0.308. The molecule has 0 saturated heterocycles. The van der Waals surface area contributed by atoms with Gasteiger partial charge in [0.25, 0.3) is 0 Å². The van der Waals surface area contributed by atoms with E-state index in [0.29, 0.717) is 0 Å². The number of aryl methyl sites for hydroxylation is 1. The Balaban J connectivity index is 2.57. The largest absolute Gasteiger partial charge is 0.347 e. The van der Waals surface area contributed by atoms with Gasteiger partial charge in [-0.3, -0.25) is 0 Å². The van der Waals surface area contributed by atoms with Gasteiger partial charge in [0.15, 0.2) is 0 Å².